The number of carbonyl (C=O) groups excluding carboxylic acids is 1. The quantitative estimate of drug-likeness (QED) is 0.499. The third kappa shape index (κ3) is 4.89. The van der Waals surface area contributed by atoms with Crippen molar-refractivity contribution < 1.29 is 14.3 Å². The predicted molar refractivity (Wildman–Crippen MR) is 125 cm³/mol. The summed E-state index contributed by atoms with van der Waals surface area (Å²) >= 11 is 6.04. The number of anilines is 1. The van der Waals surface area contributed by atoms with E-state index in [0.29, 0.717) is 48.6 Å². The molecule has 0 radical (unpaired) electrons. The maximum absolute atomic E-state index is 12.7. The van der Waals surface area contributed by atoms with Gasteiger partial charge in [-0.05, 0) is 50.1 Å². The molecule has 0 saturated carbocycles. The molecule has 3 aromatic rings. The van der Waals surface area contributed by atoms with E-state index in [1.54, 1.807) is 19.1 Å². The fourth-order valence-corrected chi connectivity index (χ4v) is 3.86. The van der Waals surface area contributed by atoms with Gasteiger partial charge >= 0.3 is 5.97 Å². The van der Waals surface area contributed by atoms with Gasteiger partial charge < -0.3 is 14.8 Å². The van der Waals surface area contributed by atoms with Gasteiger partial charge in [-0.3, -0.25) is 4.90 Å². The number of halogens is 1. The Morgan fingerprint density at radius 1 is 1.09 bits per heavy atom. The van der Waals surface area contributed by atoms with Crippen LogP contribution in [0.3, 0.4) is 0 Å². The second kappa shape index (κ2) is 10.1. The average molecular weight is 455 g/mol. The monoisotopic (exact) mass is 454 g/mol. The normalized spacial score (nSPS) is 13.3. The van der Waals surface area contributed by atoms with E-state index in [-0.39, 0.29) is 5.97 Å². The highest BCUT2D eigenvalue weighted by Gasteiger charge is 2.29. The van der Waals surface area contributed by atoms with E-state index in [0.717, 1.165) is 24.3 Å². The number of aromatic nitrogens is 2. The number of nitrogens with zero attached hydrogens (tertiary/aromatic N) is 3. The van der Waals surface area contributed by atoms with Gasteiger partial charge in [-0.1, -0.05) is 35.9 Å². The lowest BCUT2D eigenvalue weighted by Crippen LogP contribution is -2.39. The molecule has 0 spiro atoms. The molecule has 0 fully saturated rings. The third-order valence-electron chi connectivity index (χ3n) is 5.30. The Labute approximate surface area is 192 Å². The molecule has 7 nitrogen and oxygen atoms in total. The highest BCUT2D eigenvalue weighted by molar-refractivity contribution is 6.30. The minimum Gasteiger partial charge on any atom is -0.494 e. The van der Waals surface area contributed by atoms with Crippen LogP contribution in [0.15, 0.2) is 48.5 Å². The Morgan fingerprint density at radius 3 is 2.53 bits per heavy atom. The summed E-state index contributed by atoms with van der Waals surface area (Å²) in [5.41, 5.74) is 3.12. The van der Waals surface area contributed by atoms with Crippen LogP contribution in [-0.4, -0.2) is 47.1 Å². The van der Waals surface area contributed by atoms with Crippen molar-refractivity contribution >= 4 is 23.4 Å². The van der Waals surface area contributed by atoms with Crippen molar-refractivity contribution in [3.05, 3.63) is 64.7 Å². The fraction of sp³-hybridized carbons (Fsp3) is 0.333. The molecule has 0 amide bonds. The van der Waals surface area contributed by atoms with Gasteiger partial charge in [0.15, 0.2) is 0 Å². The van der Waals surface area contributed by atoms with Crippen molar-refractivity contribution in [3.8, 4) is 17.0 Å². The molecule has 1 aliphatic heterocycles. The molecule has 32 heavy (non-hydrogen) atoms. The van der Waals surface area contributed by atoms with E-state index in [2.05, 4.69) is 22.3 Å². The molecule has 1 aromatic heterocycles. The van der Waals surface area contributed by atoms with Crippen molar-refractivity contribution in [1.82, 2.24) is 14.7 Å². The lowest BCUT2D eigenvalue weighted by atomic mass is 10.1. The molecule has 4 rings (SSSR count). The number of carbonyl (C=O) groups is 1. The Morgan fingerprint density at radius 2 is 1.84 bits per heavy atom. The maximum Gasteiger partial charge on any atom is 0.344 e. The first-order chi connectivity index (χ1) is 15.6. The van der Waals surface area contributed by atoms with Gasteiger partial charge in [0, 0.05) is 17.1 Å². The molecule has 0 aliphatic carbocycles. The second-order valence-electron chi connectivity index (χ2n) is 7.50. The zero-order valence-corrected chi connectivity index (χ0v) is 19.1. The Kier molecular flexibility index (Phi) is 6.97. The maximum atomic E-state index is 12.7. The molecule has 168 valence electrons. The van der Waals surface area contributed by atoms with Crippen molar-refractivity contribution in [2.75, 3.05) is 31.7 Å². The number of hydrogen-bond acceptors (Lipinski definition) is 6. The van der Waals surface area contributed by atoms with Gasteiger partial charge in [0.25, 0.3) is 0 Å². The zero-order chi connectivity index (χ0) is 22.5. The summed E-state index contributed by atoms with van der Waals surface area (Å²) < 4.78 is 12.7. The minimum absolute atomic E-state index is 0.303. The largest absolute Gasteiger partial charge is 0.494 e. The number of ether oxygens (including phenoxy) is 2. The predicted octanol–water partition coefficient (Wildman–Crippen LogP) is 4.66. The Balaban J connectivity index is 1.51. The van der Waals surface area contributed by atoms with Crippen molar-refractivity contribution in [1.29, 1.82) is 0 Å². The van der Waals surface area contributed by atoms with E-state index in [1.165, 1.54) is 5.56 Å². The number of fused-ring (bicyclic) bond motifs is 1. The third-order valence-corrected chi connectivity index (χ3v) is 5.56. The van der Waals surface area contributed by atoms with Crippen LogP contribution >= 0.6 is 11.6 Å². The van der Waals surface area contributed by atoms with Crippen LogP contribution in [0.4, 0.5) is 5.82 Å². The fourth-order valence-electron chi connectivity index (χ4n) is 3.73. The van der Waals surface area contributed by atoms with Gasteiger partial charge in [-0.2, -0.15) is 5.10 Å². The first-order valence-corrected chi connectivity index (χ1v) is 11.2. The summed E-state index contributed by atoms with van der Waals surface area (Å²) in [4.78, 5) is 15.0. The van der Waals surface area contributed by atoms with Crippen LogP contribution in [0.2, 0.25) is 5.02 Å². The number of esters is 1. The highest BCUT2D eigenvalue weighted by atomic mass is 35.5. The van der Waals surface area contributed by atoms with Gasteiger partial charge in [0.1, 0.15) is 22.8 Å². The van der Waals surface area contributed by atoms with Gasteiger partial charge in [0.2, 0.25) is 0 Å². The average Bonchev–Trinajstić information content (AvgIpc) is 3.18. The van der Waals surface area contributed by atoms with Crippen LogP contribution in [0.25, 0.3) is 11.3 Å². The smallest absolute Gasteiger partial charge is 0.344 e. The van der Waals surface area contributed by atoms with Gasteiger partial charge in [0.05, 0.1) is 26.6 Å². The summed E-state index contributed by atoms with van der Waals surface area (Å²) in [5.74, 6) is 1.19. The summed E-state index contributed by atoms with van der Waals surface area (Å²) in [6.07, 6.45) is 0.902. The van der Waals surface area contributed by atoms with E-state index in [1.807, 2.05) is 35.9 Å². The topological polar surface area (TPSA) is 68.6 Å². The molecule has 8 heteroatoms. The lowest BCUT2D eigenvalue weighted by Gasteiger charge is -2.29. The van der Waals surface area contributed by atoms with Crippen LogP contribution in [-0.2, 0) is 17.8 Å². The molecule has 0 unspecified atom stereocenters. The van der Waals surface area contributed by atoms with E-state index in [9.17, 15) is 4.79 Å². The zero-order valence-electron chi connectivity index (χ0n) is 18.3. The molecule has 2 heterocycles. The number of rotatable bonds is 8. The van der Waals surface area contributed by atoms with Crippen molar-refractivity contribution in [3.63, 3.8) is 0 Å². The summed E-state index contributed by atoms with van der Waals surface area (Å²) in [6, 6.07) is 15.5. The molecular weight excluding hydrogens is 428 g/mol. The van der Waals surface area contributed by atoms with Crippen LogP contribution < -0.4 is 10.1 Å². The molecule has 0 saturated heterocycles. The number of nitrogens with one attached hydrogen (secondary N) is 1. The van der Waals surface area contributed by atoms with Crippen LogP contribution in [0, 0.1) is 0 Å². The molecule has 1 aliphatic rings. The van der Waals surface area contributed by atoms with Gasteiger partial charge in [-0.25, -0.2) is 9.48 Å². The molecular formula is C24H27ClN4O3. The molecule has 1 N–H and O–H groups in total. The first-order valence-electron chi connectivity index (χ1n) is 10.8. The first kappa shape index (κ1) is 22.2. The van der Waals surface area contributed by atoms with Gasteiger partial charge in [-0.15, -0.1) is 0 Å². The van der Waals surface area contributed by atoms with Crippen molar-refractivity contribution in [2.45, 2.75) is 26.9 Å². The Bertz CT molecular complexity index is 1060. The summed E-state index contributed by atoms with van der Waals surface area (Å²) in [5, 5.41) is 8.74. The summed E-state index contributed by atoms with van der Waals surface area (Å²) in [6.45, 7) is 6.80. The Hall–Kier alpha value is -3.03. The molecule has 0 bridgehead atoms. The van der Waals surface area contributed by atoms with E-state index >= 15 is 0 Å². The van der Waals surface area contributed by atoms with Crippen LogP contribution in [0.1, 0.15) is 29.8 Å². The number of benzene rings is 2. The molecule has 2 aromatic carbocycles. The standard InChI is InChI=1S/C24H27ClN4O3/c1-3-31-20-11-5-17(6-12-20)13-14-28-15-26-23-21(24(30)32-4-2)22(27-29(23)16-28)18-7-9-19(25)10-8-18/h5-12,26H,3-4,13-16H2,1-2H3. The summed E-state index contributed by atoms with van der Waals surface area (Å²) in [7, 11) is 0. The lowest BCUT2D eigenvalue weighted by molar-refractivity contribution is 0.0527. The van der Waals surface area contributed by atoms with E-state index < -0.39 is 0 Å². The number of hydrogen-bond donors (Lipinski definition) is 1. The van der Waals surface area contributed by atoms with Crippen molar-refractivity contribution in [2.24, 2.45) is 0 Å². The second-order valence-corrected chi connectivity index (χ2v) is 7.93. The SMILES string of the molecule is CCOC(=O)c1c(-c2ccc(Cl)cc2)nn2c1NCN(CCc1ccc(OCC)cc1)C2. The van der Waals surface area contributed by atoms with Crippen LogP contribution in [0.5, 0.6) is 5.75 Å². The highest BCUT2D eigenvalue weighted by Crippen LogP contribution is 2.32. The molecule has 0 atom stereocenters. The van der Waals surface area contributed by atoms with E-state index in [4.69, 9.17) is 26.2 Å². The minimum atomic E-state index is -0.381.